The molecule has 142 valence electrons. The number of rotatable bonds is 4. The minimum absolute atomic E-state index is 0.282. The average molecular weight is 390 g/mol. The smallest absolute Gasteiger partial charge is 0.432 e. The van der Waals surface area contributed by atoms with Crippen molar-refractivity contribution in [1.29, 1.82) is 0 Å². The van der Waals surface area contributed by atoms with Gasteiger partial charge < -0.3 is 9.47 Å². The molecule has 2 nitrogen and oxygen atoms in total. The van der Waals surface area contributed by atoms with Crippen LogP contribution in [0.25, 0.3) is 10.8 Å². The number of methoxy groups -OCH3 is 1. The molecule has 3 rings (SSSR count). The van der Waals surface area contributed by atoms with Gasteiger partial charge in [0, 0.05) is 17.5 Å². The van der Waals surface area contributed by atoms with Gasteiger partial charge in [-0.15, -0.1) is 0 Å². The van der Waals surface area contributed by atoms with E-state index in [1.807, 2.05) is 0 Å². The quantitative estimate of drug-likeness (QED) is 0.422. The highest BCUT2D eigenvalue weighted by molar-refractivity contribution is 5.84. The lowest BCUT2D eigenvalue weighted by Gasteiger charge is -2.20. The highest BCUT2D eigenvalue weighted by Gasteiger charge is 2.41. The van der Waals surface area contributed by atoms with Crippen LogP contribution < -0.4 is 9.47 Å². The van der Waals surface area contributed by atoms with Crippen molar-refractivity contribution >= 4 is 10.8 Å². The van der Waals surface area contributed by atoms with E-state index in [4.69, 9.17) is 0 Å². The molecular formula is C18H9F7O2. The molecule has 3 aromatic rings. The molecule has 0 amide bonds. The van der Waals surface area contributed by atoms with Crippen molar-refractivity contribution in [3.05, 3.63) is 71.0 Å². The van der Waals surface area contributed by atoms with Crippen LogP contribution >= 0.6 is 0 Å². The van der Waals surface area contributed by atoms with Gasteiger partial charge in [0.05, 0.1) is 7.11 Å². The Bertz CT molecular complexity index is 1010. The molecule has 0 aliphatic rings. The summed E-state index contributed by atoms with van der Waals surface area (Å²) in [5, 5.41) is -0.665. The van der Waals surface area contributed by atoms with Crippen LogP contribution in [0.5, 0.6) is 11.5 Å². The Labute approximate surface area is 147 Å². The Morgan fingerprint density at radius 2 is 1.37 bits per heavy atom. The SMILES string of the molecule is COc1cc(F)c(C(F)(F)Oc2ccc3c(F)c(F)c(F)cc3c2)c(F)c1. The first-order valence-corrected chi connectivity index (χ1v) is 7.31. The van der Waals surface area contributed by atoms with Crippen molar-refractivity contribution in [3.63, 3.8) is 0 Å². The Kier molecular flexibility index (Phi) is 4.63. The average Bonchev–Trinajstić information content (AvgIpc) is 2.58. The normalized spacial score (nSPS) is 11.7. The van der Waals surface area contributed by atoms with Crippen molar-refractivity contribution in [2.24, 2.45) is 0 Å². The predicted octanol–water partition coefficient (Wildman–Crippen LogP) is 5.67. The molecule has 27 heavy (non-hydrogen) atoms. The van der Waals surface area contributed by atoms with Crippen LogP contribution in [-0.4, -0.2) is 7.11 Å². The molecule has 9 heteroatoms. The molecule has 0 bridgehead atoms. The van der Waals surface area contributed by atoms with Crippen LogP contribution in [0.1, 0.15) is 5.56 Å². The Morgan fingerprint density at radius 3 is 1.96 bits per heavy atom. The number of ether oxygens (including phenoxy) is 2. The van der Waals surface area contributed by atoms with Crippen LogP contribution in [0.3, 0.4) is 0 Å². The Morgan fingerprint density at radius 1 is 0.741 bits per heavy atom. The van der Waals surface area contributed by atoms with E-state index in [1.54, 1.807) is 0 Å². The van der Waals surface area contributed by atoms with E-state index in [2.05, 4.69) is 9.47 Å². The van der Waals surface area contributed by atoms with E-state index in [1.165, 1.54) is 0 Å². The molecule has 0 unspecified atom stereocenters. The first kappa shape index (κ1) is 18.8. The van der Waals surface area contributed by atoms with Crippen LogP contribution in [0, 0.1) is 29.1 Å². The fourth-order valence-corrected chi connectivity index (χ4v) is 2.49. The van der Waals surface area contributed by atoms with E-state index in [0.29, 0.717) is 18.2 Å². The minimum Gasteiger partial charge on any atom is -0.497 e. The highest BCUT2D eigenvalue weighted by atomic mass is 19.3. The molecule has 0 saturated carbocycles. The van der Waals surface area contributed by atoms with Gasteiger partial charge in [-0.2, -0.15) is 8.78 Å². The van der Waals surface area contributed by atoms with Crippen molar-refractivity contribution in [2.75, 3.05) is 7.11 Å². The zero-order chi connectivity index (χ0) is 19.9. The van der Waals surface area contributed by atoms with Crippen molar-refractivity contribution in [1.82, 2.24) is 0 Å². The third kappa shape index (κ3) is 3.36. The third-order valence-corrected chi connectivity index (χ3v) is 3.73. The first-order valence-electron chi connectivity index (χ1n) is 7.31. The van der Waals surface area contributed by atoms with Gasteiger partial charge in [-0.25, -0.2) is 22.0 Å². The largest absolute Gasteiger partial charge is 0.497 e. The predicted molar refractivity (Wildman–Crippen MR) is 81.3 cm³/mol. The number of hydrogen-bond donors (Lipinski definition) is 0. The Hall–Kier alpha value is -2.97. The van der Waals surface area contributed by atoms with Gasteiger partial charge in [-0.1, -0.05) is 0 Å². The molecule has 0 N–H and O–H groups in total. The second-order valence-electron chi connectivity index (χ2n) is 5.45. The summed E-state index contributed by atoms with van der Waals surface area (Å²) in [5.74, 6) is -8.94. The highest BCUT2D eigenvalue weighted by Crippen LogP contribution is 2.37. The maximum atomic E-state index is 14.3. The van der Waals surface area contributed by atoms with Gasteiger partial charge in [-0.05, 0) is 29.7 Å². The zero-order valence-corrected chi connectivity index (χ0v) is 13.4. The van der Waals surface area contributed by atoms with E-state index < -0.39 is 46.5 Å². The molecule has 3 aromatic carbocycles. The van der Waals surface area contributed by atoms with Crippen LogP contribution in [0.2, 0.25) is 0 Å². The minimum atomic E-state index is -4.45. The number of alkyl halides is 2. The van der Waals surface area contributed by atoms with Gasteiger partial charge >= 0.3 is 6.11 Å². The first-order chi connectivity index (χ1) is 12.6. The lowest BCUT2D eigenvalue weighted by Crippen LogP contribution is -2.25. The summed E-state index contributed by atoms with van der Waals surface area (Å²) < 4.78 is 105. The third-order valence-electron chi connectivity index (χ3n) is 3.73. The lowest BCUT2D eigenvalue weighted by atomic mass is 10.1. The molecule has 0 fully saturated rings. The monoisotopic (exact) mass is 390 g/mol. The number of hydrogen-bond acceptors (Lipinski definition) is 2. The van der Waals surface area contributed by atoms with E-state index in [0.717, 1.165) is 25.3 Å². The van der Waals surface area contributed by atoms with E-state index in [-0.39, 0.29) is 16.5 Å². The zero-order valence-electron chi connectivity index (χ0n) is 13.4. The van der Waals surface area contributed by atoms with Gasteiger partial charge in [0.2, 0.25) is 0 Å². The molecule has 0 spiro atoms. The van der Waals surface area contributed by atoms with E-state index in [9.17, 15) is 30.7 Å². The molecule has 0 radical (unpaired) electrons. The maximum absolute atomic E-state index is 14.3. The summed E-state index contributed by atoms with van der Waals surface area (Å²) in [6, 6.07) is 4.16. The summed E-state index contributed by atoms with van der Waals surface area (Å²) in [7, 11) is 1.10. The van der Waals surface area contributed by atoms with Gasteiger partial charge in [-0.3, -0.25) is 0 Å². The standard InChI is InChI=1S/C18H9F7O2/c1-26-10-6-12(19)15(13(20)7-10)18(24,25)27-9-2-3-11-8(4-9)5-14(21)17(23)16(11)22/h2-7H,1H3. The fourth-order valence-electron chi connectivity index (χ4n) is 2.49. The summed E-state index contributed by atoms with van der Waals surface area (Å²) >= 11 is 0. The molecule has 0 aromatic heterocycles. The maximum Gasteiger partial charge on any atom is 0.432 e. The second kappa shape index (κ2) is 6.64. The van der Waals surface area contributed by atoms with E-state index >= 15 is 0 Å². The topological polar surface area (TPSA) is 18.5 Å². The van der Waals surface area contributed by atoms with Gasteiger partial charge in [0.25, 0.3) is 0 Å². The summed E-state index contributed by atoms with van der Waals surface area (Å²) in [6.07, 6.45) is -4.45. The number of fused-ring (bicyclic) bond motifs is 1. The van der Waals surface area contributed by atoms with Crippen LogP contribution in [0.4, 0.5) is 30.7 Å². The number of halogens is 7. The molecule has 0 heterocycles. The van der Waals surface area contributed by atoms with Crippen molar-refractivity contribution in [2.45, 2.75) is 6.11 Å². The molecule has 0 saturated heterocycles. The summed E-state index contributed by atoms with van der Waals surface area (Å²) in [6.45, 7) is 0. The molecule has 0 aliphatic heterocycles. The van der Waals surface area contributed by atoms with Gasteiger partial charge in [0.15, 0.2) is 17.5 Å². The molecule has 0 aliphatic carbocycles. The second-order valence-corrected chi connectivity index (χ2v) is 5.45. The van der Waals surface area contributed by atoms with Crippen LogP contribution in [0.15, 0.2) is 36.4 Å². The summed E-state index contributed by atoms with van der Waals surface area (Å²) in [5.41, 5.74) is -1.67. The lowest BCUT2D eigenvalue weighted by molar-refractivity contribution is -0.189. The molecular weight excluding hydrogens is 381 g/mol. The van der Waals surface area contributed by atoms with Crippen molar-refractivity contribution in [3.8, 4) is 11.5 Å². The van der Waals surface area contributed by atoms with Crippen LogP contribution in [-0.2, 0) is 6.11 Å². The van der Waals surface area contributed by atoms with Crippen molar-refractivity contribution < 1.29 is 40.2 Å². The fraction of sp³-hybridized carbons (Fsp3) is 0.111. The number of benzene rings is 3. The molecule has 0 atom stereocenters. The summed E-state index contributed by atoms with van der Waals surface area (Å²) in [4.78, 5) is 0. The Balaban J connectivity index is 2.02. The van der Waals surface area contributed by atoms with Gasteiger partial charge in [0.1, 0.15) is 28.7 Å².